The third-order valence-corrected chi connectivity index (χ3v) is 6.40. The van der Waals surface area contributed by atoms with Crippen LogP contribution in [0.5, 0.6) is 0 Å². The minimum absolute atomic E-state index is 0.306. The van der Waals surface area contributed by atoms with Crippen molar-refractivity contribution in [1.82, 2.24) is 0 Å². The fraction of sp³-hybridized carbons (Fsp3) is 0.700. The van der Waals surface area contributed by atoms with Gasteiger partial charge in [-0.2, -0.15) is 11.1 Å². The van der Waals surface area contributed by atoms with E-state index < -0.39 is 7.38 Å². The lowest BCUT2D eigenvalue weighted by Crippen LogP contribution is -2.21. The van der Waals surface area contributed by atoms with Gasteiger partial charge in [0, 0.05) is 5.57 Å². The standard InChI is InChI=1S/C10H19ClO2Si/c1-5-14(4,11)8-6-7-13-10(12)9(2)3/h2,5-8H2,1,3-4H3. The Labute approximate surface area is 92.0 Å². The molecule has 0 aromatic carbocycles. The Morgan fingerprint density at radius 3 is 2.57 bits per heavy atom. The second-order valence-corrected chi connectivity index (χ2v) is 10.6. The van der Waals surface area contributed by atoms with Crippen LogP contribution < -0.4 is 0 Å². The molecular formula is C10H19ClO2Si. The van der Waals surface area contributed by atoms with E-state index in [2.05, 4.69) is 20.0 Å². The summed E-state index contributed by atoms with van der Waals surface area (Å²) in [6.07, 6.45) is 0.860. The van der Waals surface area contributed by atoms with Gasteiger partial charge in [0.1, 0.15) is 0 Å². The van der Waals surface area contributed by atoms with Gasteiger partial charge in [0.05, 0.1) is 6.61 Å². The Balaban J connectivity index is 3.57. The first-order valence-corrected chi connectivity index (χ1v) is 8.83. The smallest absolute Gasteiger partial charge is 0.333 e. The Kier molecular flexibility index (Phi) is 6.12. The molecule has 0 N–H and O–H groups in total. The van der Waals surface area contributed by atoms with Crippen molar-refractivity contribution in [2.24, 2.45) is 0 Å². The van der Waals surface area contributed by atoms with E-state index in [1.54, 1.807) is 6.92 Å². The van der Waals surface area contributed by atoms with Gasteiger partial charge >= 0.3 is 5.97 Å². The topological polar surface area (TPSA) is 26.3 Å². The molecule has 0 saturated heterocycles. The minimum Gasteiger partial charge on any atom is -0.462 e. The zero-order chi connectivity index (χ0) is 11.2. The molecule has 0 aromatic rings. The first-order chi connectivity index (χ1) is 6.39. The number of esters is 1. The number of hydrogen-bond acceptors (Lipinski definition) is 2. The van der Waals surface area contributed by atoms with Crippen molar-refractivity contribution in [2.45, 2.75) is 38.9 Å². The van der Waals surface area contributed by atoms with Crippen LogP contribution in [0.25, 0.3) is 0 Å². The number of rotatable bonds is 6. The molecule has 0 fully saturated rings. The Hall–Kier alpha value is -0.283. The van der Waals surface area contributed by atoms with Gasteiger partial charge < -0.3 is 4.74 Å². The molecule has 4 heteroatoms. The number of carbonyl (C=O) groups is 1. The van der Waals surface area contributed by atoms with Gasteiger partial charge in [-0.15, -0.1) is 0 Å². The van der Waals surface area contributed by atoms with Gasteiger partial charge in [-0.25, -0.2) is 4.79 Å². The fourth-order valence-electron chi connectivity index (χ4n) is 0.906. The lowest BCUT2D eigenvalue weighted by molar-refractivity contribution is -0.138. The van der Waals surface area contributed by atoms with E-state index in [0.29, 0.717) is 12.2 Å². The highest BCUT2D eigenvalue weighted by Crippen LogP contribution is 2.21. The van der Waals surface area contributed by atoms with Gasteiger partial charge in [0.2, 0.25) is 0 Å². The molecule has 1 atom stereocenters. The Morgan fingerprint density at radius 1 is 1.57 bits per heavy atom. The lowest BCUT2D eigenvalue weighted by Gasteiger charge is -2.16. The largest absolute Gasteiger partial charge is 0.462 e. The minimum atomic E-state index is -1.52. The predicted octanol–water partition coefficient (Wildman–Crippen LogP) is 3.33. The van der Waals surface area contributed by atoms with Crippen molar-refractivity contribution < 1.29 is 9.53 Å². The molecule has 2 nitrogen and oxygen atoms in total. The van der Waals surface area contributed by atoms with Crippen LogP contribution in [0, 0.1) is 0 Å². The highest BCUT2D eigenvalue weighted by Gasteiger charge is 2.20. The lowest BCUT2D eigenvalue weighted by atomic mass is 10.4. The summed E-state index contributed by atoms with van der Waals surface area (Å²) in [5.41, 5.74) is 0.450. The summed E-state index contributed by atoms with van der Waals surface area (Å²) < 4.78 is 4.97. The molecule has 82 valence electrons. The summed E-state index contributed by atoms with van der Waals surface area (Å²) in [5.74, 6) is -0.306. The van der Waals surface area contributed by atoms with Crippen LogP contribution in [0.4, 0.5) is 0 Å². The van der Waals surface area contributed by atoms with Crippen molar-refractivity contribution in [1.29, 1.82) is 0 Å². The number of halogens is 1. The quantitative estimate of drug-likeness (QED) is 0.232. The molecule has 14 heavy (non-hydrogen) atoms. The maximum atomic E-state index is 11.0. The molecule has 0 heterocycles. The number of hydrogen-bond donors (Lipinski definition) is 0. The Bertz CT molecular complexity index is 214. The maximum absolute atomic E-state index is 11.0. The van der Waals surface area contributed by atoms with Crippen LogP contribution >= 0.6 is 11.1 Å². The first kappa shape index (κ1) is 13.7. The van der Waals surface area contributed by atoms with Crippen molar-refractivity contribution in [3.8, 4) is 0 Å². The third-order valence-electron chi connectivity index (χ3n) is 2.16. The van der Waals surface area contributed by atoms with Crippen LogP contribution in [0.1, 0.15) is 20.3 Å². The van der Waals surface area contributed by atoms with Gasteiger partial charge in [-0.05, 0) is 25.4 Å². The summed E-state index contributed by atoms with van der Waals surface area (Å²) >= 11 is 6.28. The summed E-state index contributed by atoms with van der Waals surface area (Å²) in [4.78, 5) is 11.0. The Morgan fingerprint density at radius 2 is 2.14 bits per heavy atom. The summed E-state index contributed by atoms with van der Waals surface area (Å²) in [6, 6.07) is 2.05. The second-order valence-electron chi connectivity index (χ2n) is 3.79. The SMILES string of the molecule is C=C(C)C(=O)OCCC[Si](C)(Cl)CC. The molecule has 0 spiro atoms. The van der Waals surface area contributed by atoms with Crippen LogP contribution in [-0.2, 0) is 9.53 Å². The van der Waals surface area contributed by atoms with Crippen LogP contribution in [0.3, 0.4) is 0 Å². The van der Waals surface area contributed by atoms with Crippen LogP contribution in [0.2, 0.25) is 18.6 Å². The normalized spacial score (nSPS) is 14.6. The molecule has 0 saturated carbocycles. The van der Waals surface area contributed by atoms with E-state index in [-0.39, 0.29) is 5.97 Å². The molecule has 0 bridgehead atoms. The van der Waals surface area contributed by atoms with Crippen LogP contribution in [0.15, 0.2) is 12.2 Å². The zero-order valence-electron chi connectivity index (χ0n) is 9.23. The second kappa shape index (κ2) is 6.25. The molecular weight excluding hydrogens is 216 g/mol. The van der Waals surface area contributed by atoms with E-state index in [4.69, 9.17) is 15.8 Å². The van der Waals surface area contributed by atoms with E-state index in [1.165, 1.54) is 0 Å². The van der Waals surface area contributed by atoms with E-state index in [1.807, 2.05) is 0 Å². The molecule has 0 rings (SSSR count). The summed E-state index contributed by atoms with van der Waals surface area (Å²) in [7, 11) is -1.52. The average molecular weight is 235 g/mol. The van der Waals surface area contributed by atoms with Gasteiger partial charge in [0.15, 0.2) is 7.38 Å². The molecule has 0 radical (unpaired) electrons. The molecule has 0 aliphatic carbocycles. The van der Waals surface area contributed by atoms with Gasteiger partial charge in [0.25, 0.3) is 0 Å². The van der Waals surface area contributed by atoms with Crippen molar-refractivity contribution >= 4 is 24.4 Å². The molecule has 1 unspecified atom stereocenters. The highest BCUT2D eigenvalue weighted by atomic mass is 35.6. The highest BCUT2D eigenvalue weighted by molar-refractivity contribution is 7.19. The first-order valence-electron chi connectivity index (χ1n) is 4.90. The number of ether oxygens (including phenoxy) is 1. The summed E-state index contributed by atoms with van der Waals surface area (Å²) in [6.45, 7) is 9.86. The van der Waals surface area contributed by atoms with Gasteiger partial charge in [-0.3, -0.25) is 0 Å². The van der Waals surface area contributed by atoms with Gasteiger partial charge in [-0.1, -0.05) is 20.0 Å². The fourth-order valence-corrected chi connectivity index (χ4v) is 2.54. The van der Waals surface area contributed by atoms with E-state index in [9.17, 15) is 4.79 Å². The predicted molar refractivity (Wildman–Crippen MR) is 63.1 cm³/mol. The van der Waals surface area contributed by atoms with Crippen molar-refractivity contribution in [2.75, 3.05) is 6.61 Å². The molecule has 0 aromatic heterocycles. The van der Waals surface area contributed by atoms with Crippen LogP contribution in [-0.4, -0.2) is 20.0 Å². The third kappa shape index (κ3) is 6.21. The number of carbonyl (C=O) groups excluding carboxylic acids is 1. The van der Waals surface area contributed by atoms with E-state index >= 15 is 0 Å². The molecule has 0 amide bonds. The van der Waals surface area contributed by atoms with Crippen molar-refractivity contribution in [3.63, 3.8) is 0 Å². The van der Waals surface area contributed by atoms with Crippen molar-refractivity contribution in [3.05, 3.63) is 12.2 Å². The molecule has 0 aliphatic heterocycles. The van der Waals surface area contributed by atoms with E-state index in [0.717, 1.165) is 18.5 Å². The molecule has 0 aliphatic rings. The average Bonchev–Trinajstić information content (AvgIpc) is 2.12. The monoisotopic (exact) mass is 234 g/mol. The summed E-state index contributed by atoms with van der Waals surface area (Å²) in [5, 5.41) is 0. The zero-order valence-corrected chi connectivity index (χ0v) is 11.0. The maximum Gasteiger partial charge on any atom is 0.333 e.